The van der Waals surface area contributed by atoms with Gasteiger partial charge in [-0.05, 0) is 79.8 Å². The summed E-state index contributed by atoms with van der Waals surface area (Å²) < 4.78 is 0. The van der Waals surface area contributed by atoms with Crippen molar-refractivity contribution in [1.29, 1.82) is 0 Å². The fourth-order valence-electron chi connectivity index (χ4n) is 4.85. The van der Waals surface area contributed by atoms with Crippen LogP contribution in [0.5, 0.6) is 0 Å². The number of anilines is 1. The molecule has 2 fully saturated rings. The largest absolute Gasteiger partial charge is 0.393 e. The van der Waals surface area contributed by atoms with Gasteiger partial charge in [-0.2, -0.15) is 0 Å². The molecule has 0 radical (unpaired) electrons. The van der Waals surface area contributed by atoms with Gasteiger partial charge in [0.1, 0.15) is 5.82 Å². The first-order valence-corrected chi connectivity index (χ1v) is 13.0. The van der Waals surface area contributed by atoms with E-state index in [1.807, 2.05) is 66.7 Å². The number of benzene rings is 3. The number of piperidine rings is 1. The average Bonchev–Trinajstić information content (AvgIpc) is 3.64. The molecule has 188 valence electrons. The zero-order valence-electron chi connectivity index (χ0n) is 20.6. The van der Waals surface area contributed by atoms with Gasteiger partial charge in [-0.3, -0.25) is 9.59 Å². The van der Waals surface area contributed by atoms with E-state index in [2.05, 4.69) is 15.2 Å². The van der Waals surface area contributed by atoms with Gasteiger partial charge in [0.25, 0.3) is 5.91 Å². The van der Waals surface area contributed by atoms with Crippen molar-refractivity contribution in [2.24, 2.45) is 0 Å². The Morgan fingerprint density at radius 2 is 1.62 bits per heavy atom. The van der Waals surface area contributed by atoms with Crippen LogP contribution in [0.2, 0.25) is 0 Å². The monoisotopic (exact) mass is 494 g/mol. The molecule has 3 aromatic carbocycles. The first-order chi connectivity index (χ1) is 18.0. The predicted octanol–water partition coefficient (Wildman–Crippen LogP) is 4.51. The van der Waals surface area contributed by atoms with E-state index in [1.165, 1.54) is 0 Å². The molecular weight excluding hydrogens is 464 g/mol. The van der Waals surface area contributed by atoms with E-state index in [1.54, 1.807) is 0 Å². The van der Waals surface area contributed by atoms with Crippen LogP contribution in [0.4, 0.5) is 5.69 Å². The molecule has 0 spiro atoms. The molecule has 2 aliphatic rings. The van der Waals surface area contributed by atoms with E-state index in [4.69, 9.17) is 4.98 Å². The second kappa shape index (κ2) is 9.82. The Labute approximate surface area is 215 Å². The molecular formula is C30H30N4O3. The lowest BCUT2D eigenvalue weighted by Gasteiger charge is -2.31. The molecule has 2 heterocycles. The van der Waals surface area contributed by atoms with Crippen LogP contribution in [-0.2, 0) is 6.42 Å². The van der Waals surface area contributed by atoms with Crippen molar-refractivity contribution in [2.75, 3.05) is 18.0 Å². The topological polar surface area (TPSA) is 98.3 Å². The third kappa shape index (κ3) is 5.27. The summed E-state index contributed by atoms with van der Waals surface area (Å²) in [5, 5.41) is 12.7. The van der Waals surface area contributed by atoms with Crippen molar-refractivity contribution < 1.29 is 14.7 Å². The van der Waals surface area contributed by atoms with Crippen molar-refractivity contribution in [3.63, 3.8) is 0 Å². The number of ketones is 1. The van der Waals surface area contributed by atoms with Crippen LogP contribution in [0.25, 0.3) is 22.4 Å². The van der Waals surface area contributed by atoms with Gasteiger partial charge in [0.2, 0.25) is 0 Å². The van der Waals surface area contributed by atoms with Gasteiger partial charge in [0, 0.05) is 47.9 Å². The fourth-order valence-corrected chi connectivity index (χ4v) is 4.85. The Morgan fingerprint density at radius 1 is 0.919 bits per heavy atom. The van der Waals surface area contributed by atoms with Crippen LogP contribution in [0.3, 0.4) is 0 Å². The van der Waals surface area contributed by atoms with E-state index in [-0.39, 0.29) is 17.8 Å². The number of fused-ring (bicyclic) bond motifs is 1. The Hall–Kier alpha value is -3.97. The summed E-state index contributed by atoms with van der Waals surface area (Å²) in [6, 6.07) is 21.4. The summed E-state index contributed by atoms with van der Waals surface area (Å²) in [4.78, 5) is 35.5. The molecule has 1 aliphatic carbocycles. The Kier molecular flexibility index (Phi) is 6.22. The number of nitrogens with zero attached hydrogens (tertiary/aromatic N) is 2. The Balaban J connectivity index is 1.12. The lowest BCUT2D eigenvalue weighted by molar-refractivity contribution is 0.0949. The molecule has 6 rings (SSSR count). The lowest BCUT2D eigenvalue weighted by atomic mass is 10.0. The average molecular weight is 495 g/mol. The molecule has 0 bridgehead atoms. The number of aromatic amines is 1. The van der Waals surface area contributed by atoms with Crippen LogP contribution in [-0.4, -0.2) is 52.0 Å². The van der Waals surface area contributed by atoms with Crippen molar-refractivity contribution in [3.05, 3.63) is 83.4 Å². The fraction of sp³-hybridized carbons (Fsp3) is 0.300. The van der Waals surface area contributed by atoms with Gasteiger partial charge in [-0.1, -0.05) is 18.2 Å². The van der Waals surface area contributed by atoms with Crippen molar-refractivity contribution in [2.45, 2.75) is 44.2 Å². The van der Waals surface area contributed by atoms with Gasteiger partial charge >= 0.3 is 0 Å². The number of rotatable bonds is 7. The number of aromatic nitrogens is 2. The van der Waals surface area contributed by atoms with Gasteiger partial charge in [0.05, 0.1) is 17.1 Å². The third-order valence-corrected chi connectivity index (χ3v) is 7.26. The van der Waals surface area contributed by atoms with E-state index in [9.17, 15) is 14.7 Å². The van der Waals surface area contributed by atoms with Crippen LogP contribution in [0, 0.1) is 0 Å². The molecule has 1 saturated carbocycles. The van der Waals surface area contributed by atoms with Crippen molar-refractivity contribution in [3.8, 4) is 11.4 Å². The predicted molar refractivity (Wildman–Crippen MR) is 144 cm³/mol. The highest BCUT2D eigenvalue weighted by Crippen LogP contribution is 2.24. The smallest absolute Gasteiger partial charge is 0.251 e. The van der Waals surface area contributed by atoms with Crippen LogP contribution < -0.4 is 10.2 Å². The number of amides is 1. The zero-order valence-corrected chi connectivity index (χ0v) is 20.6. The van der Waals surface area contributed by atoms with Gasteiger partial charge in [-0.15, -0.1) is 0 Å². The Bertz CT molecular complexity index is 1430. The minimum atomic E-state index is -0.203. The molecule has 7 heteroatoms. The van der Waals surface area contributed by atoms with Crippen molar-refractivity contribution in [1.82, 2.24) is 15.3 Å². The summed E-state index contributed by atoms with van der Waals surface area (Å²) in [5.41, 5.74) is 5.96. The maximum atomic E-state index is 13.0. The maximum Gasteiger partial charge on any atom is 0.251 e. The number of Topliss-reactive ketones (excluding diaryl/α,β-unsaturated/α-hetero) is 1. The molecule has 1 aliphatic heterocycles. The molecule has 0 unspecified atom stereocenters. The number of carbonyl (C=O) groups excluding carboxylic acids is 2. The van der Waals surface area contributed by atoms with Crippen LogP contribution in [0.1, 0.15) is 52.0 Å². The number of imidazole rings is 1. The van der Waals surface area contributed by atoms with E-state index in [0.717, 1.165) is 72.4 Å². The quantitative estimate of drug-likeness (QED) is 0.329. The van der Waals surface area contributed by atoms with Crippen molar-refractivity contribution >= 4 is 28.4 Å². The number of hydrogen-bond donors (Lipinski definition) is 3. The summed E-state index contributed by atoms with van der Waals surface area (Å²) in [5.74, 6) is 0.766. The first kappa shape index (κ1) is 23.4. The highest BCUT2D eigenvalue weighted by atomic mass is 16.3. The number of aliphatic hydroxyl groups excluding tert-OH is 1. The van der Waals surface area contributed by atoms with E-state index < -0.39 is 0 Å². The number of aliphatic hydroxyl groups is 1. The summed E-state index contributed by atoms with van der Waals surface area (Å²) in [6.45, 7) is 1.67. The minimum absolute atomic E-state index is 0.0334. The molecule has 7 nitrogen and oxygen atoms in total. The molecule has 4 aromatic rings. The highest BCUT2D eigenvalue weighted by molar-refractivity contribution is 5.98. The molecule has 1 amide bonds. The second-order valence-electron chi connectivity index (χ2n) is 10.1. The summed E-state index contributed by atoms with van der Waals surface area (Å²) in [7, 11) is 0. The highest BCUT2D eigenvalue weighted by Gasteiger charge is 2.23. The van der Waals surface area contributed by atoms with Gasteiger partial charge in [-0.25, -0.2) is 4.98 Å². The third-order valence-electron chi connectivity index (χ3n) is 7.26. The number of carbonyl (C=O) groups is 2. The molecule has 1 aromatic heterocycles. The maximum absolute atomic E-state index is 13.0. The molecule has 1 saturated heterocycles. The Morgan fingerprint density at radius 3 is 2.32 bits per heavy atom. The zero-order chi connectivity index (χ0) is 25.4. The van der Waals surface area contributed by atoms with E-state index in [0.29, 0.717) is 23.6 Å². The summed E-state index contributed by atoms with van der Waals surface area (Å²) >= 11 is 0. The standard InChI is InChI=1S/C30H30N4O3/c35-25-13-15-34(16-14-25)24-10-6-20(7-11-24)28(36)18-19-1-12-26-27(17-19)33-29(32-26)21-2-4-22(5-3-21)30(37)31-23-8-9-23/h1-7,10-12,17,23,25,35H,8-9,13-16,18H2,(H,31,37)(H,32,33). The van der Waals surface area contributed by atoms with Gasteiger partial charge < -0.3 is 20.3 Å². The number of hydrogen-bond acceptors (Lipinski definition) is 5. The SMILES string of the molecule is O=C(Cc1ccc2nc(-c3ccc(C(=O)NC4CC4)cc3)[nH]c2c1)c1ccc(N2CCC(O)CC2)cc1. The molecule has 3 N–H and O–H groups in total. The van der Waals surface area contributed by atoms with Gasteiger partial charge in [0.15, 0.2) is 5.78 Å². The summed E-state index contributed by atoms with van der Waals surface area (Å²) in [6.07, 6.45) is 3.79. The molecule has 37 heavy (non-hydrogen) atoms. The minimum Gasteiger partial charge on any atom is -0.393 e. The normalized spacial score (nSPS) is 16.2. The number of nitrogens with one attached hydrogen (secondary N) is 2. The molecule has 0 atom stereocenters. The second-order valence-corrected chi connectivity index (χ2v) is 10.1. The van der Waals surface area contributed by atoms with Crippen LogP contribution in [0.15, 0.2) is 66.7 Å². The van der Waals surface area contributed by atoms with Crippen LogP contribution >= 0.6 is 0 Å². The lowest BCUT2D eigenvalue weighted by Crippen LogP contribution is -2.35. The first-order valence-electron chi connectivity index (χ1n) is 13.0. The number of H-pyrrole nitrogens is 1. The van der Waals surface area contributed by atoms with E-state index >= 15 is 0 Å².